The zero-order valence-corrected chi connectivity index (χ0v) is 18.8. The highest BCUT2D eigenvalue weighted by molar-refractivity contribution is 5.94. The highest BCUT2D eigenvalue weighted by Crippen LogP contribution is 2.15. The molecular weight excluding hydrogens is 402 g/mol. The molecular formula is C25H31N5O2. The maximum atomic E-state index is 12.7. The van der Waals surface area contributed by atoms with Crippen LogP contribution in [0.4, 0.5) is 0 Å². The van der Waals surface area contributed by atoms with E-state index in [-0.39, 0.29) is 11.6 Å². The SMILES string of the molecule is CCN1CCN(Cc2ccccc2CNC(=O)c2ccc(-n3c(C)c[nH]c3=O)cc2)CC1. The molecule has 4 rings (SSSR count). The molecule has 0 saturated carbocycles. The molecule has 2 heterocycles. The van der Waals surface area contributed by atoms with Crippen LogP contribution < -0.4 is 11.0 Å². The van der Waals surface area contributed by atoms with Gasteiger partial charge in [0.1, 0.15) is 0 Å². The number of aryl methyl sites for hydroxylation is 1. The number of piperazine rings is 1. The van der Waals surface area contributed by atoms with Crippen molar-refractivity contribution in [2.45, 2.75) is 26.9 Å². The van der Waals surface area contributed by atoms with Crippen molar-refractivity contribution in [2.75, 3.05) is 32.7 Å². The number of amides is 1. The highest BCUT2D eigenvalue weighted by Gasteiger charge is 2.17. The summed E-state index contributed by atoms with van der Waals surface area (Å²) in [5.74, 6) is -0.124. The molecule has 7 heteroatoms. The third kappa shape index (κ3) is 5.00. The lowest BCUT2D eigenvalue weighted by atomic mass is 10.1. The number of carbonyl (C=O) groups is 1. The Morgan fingerprint density at radius 3 is 2.25 bits per heavy atom. The number of carbonyl (C=O) groups excluding carboxylic acids is 1. The van der Waals surface area contributed by atoms with Gasteiger partial charge in [-0.2, -0.15) is 0 Å². The lowest BCUT2D eigenvalue weighted by molar-refractivity contribution is 0.0950. The van der Waals surface area contributed by atoms with Gasteiger partial charge >= 0.3 is 5.69 Å². The molecule has 0 aliphatic carbocycles. The zero-order chi connectivity index (χ0) is 22.5. The molecule has 3 aromatic rings. The molecule has 0 unspecified atom stereocenters. The number of hydrogen-bond donors (Lipinski definition) is 2. The molecule has 1 fully saturated rings. The number of aromatic nitrogens is 2. The smallest absolute Gasteiger partial charge is 0.330 e. The van der Waals surface area contributed by atoms with Gasteiger partial charge in [0.25, 0.3) is 5.91 Å². The number of benzene rings is 2. The minimum atomic E-state index is -0.188. The van der Waals surface area contributed by atoms with Crippen LogP contribution in [-0.2, 0) is 13.1 Å². The summed E-state index contributed by atoms with van der Waals surface area (Å²) in [7, 11) is 0. The summed E-state index contributed by atoms with van der Waals surface area (Å²) in [5.41, 5.74) is 4.34. The molecule has 1 aromatic heterocycles. The van der Waals surface area contributed by atoms with Gasteiger partial charge in [-0.15, -0.1) is 0 Å². The second-order valence-electron chi connectivity index (χ2n) is 8.28. The van der Waals surface area contributed by atoms with Crippen molar-refractivity contribution in [3.63, 3.8) is 0 Å². The van der Waals surface area contributed by atoms with E-state index < -0.39 is 0 Å². The largest absolute Gasteiger partial charge is 0.348 e. The molecule has 7 nitrogen and oxygen atoms in total. The molecule has 0 spiro atoms. The quantitative estimate of drug-likeness (QED) is 0.601. The van der Waals surface area contributed by atoms with Crippen LogP contribution in [0.2, 0.25) is 0 Å². The van der Waals surface area contributed by atoms with Crippen LogP contribution in [0.15, 0.2) is 59.5 Å². The fraction of sp³-hybridized carbons (Fsp3) is 0.360. The van der Waals surface area contributed by atoms with Crippen LogP contribution in [0.25, 0.3) is 5.69 Å². The molecule has 2 N–H and O–H groups in total. The van der Waals surface area contributed by atoms with Crippen molar-refractivity contribution in [1.82, 2.24) is 24.7 Å². The standard InChI is InChI=1S/C25H31N5O2/c1-3-28-12-14-29(15-13-28)18-22-7-5-4-6-21(22)17-26-24(31)20-8-10-23(11-9-20)30-19(2)16-27-25(30)32/h4-11,16H,3,12-15,17-18H2,1-2H3,(H,26,31)(H,27,32). The first-order chi connectivity index (χ1) is 15.5. The number of H-pyrrole nitrogens is 1. The van der Waals surface area contributed by atoms with Crippen LogP contribution >= 0.6 is 0 Å². The molecule has 1 aliphatic rings. The van der Waals surface area contributed by atoms with Gasteiger partial charge in [-0.1, -0.05) is 31.2 Å². The molecule has 1 amide bonds. The monoisotopic (exact) mass is 433 g/mol. The predicted molar refractivity (Wildman–Crippen MR) is 126 cm³/mol. The van der Waals surface area contributed by atoms with Gasteiger partial charge in [-0.3, -0.25) is 14.3 Å². The van der Waals surface area contributed by atoms with Crippen molar-refractivity contribution in [1.29, 1.82) is 0 Å². The first-order valence-electron chi connectivity index (χ1n) is 11.2. The van der Waals surface area contributed by atoms with Crippen LogP contribution in [0.5, 0.6) is 0 Å². The van der Waals surface area contributed by atoms with E-state index in [4.69, 9.17) is 0 Å². The topological polar surface area (TPSA) is 73.4 Å². The minimum absolute atomic E-state index is 0.124. The van der Waals surface area contributed by atoms with E-state index in [1.807, 2.05) is 13.0 Å². The third-order valence-corrected chi connectivity index (χ3v) is 6.21. The van der Waals surface area contributed by atoms with Crippen LogP contribution in [0.3, 0.4) is 0 Å². The van der Waals surface area contributed by atoms with Crippen molar-refractivity contribution in [3.05, 3.63) is 87.6 Å². The predicted octanol–water partition coefficient (Wildman–Crippen LogP) is 2.54. The molecule has 1 saturated heterocycles. The number of imidazole rings is 1. The maximum Gasteiger partial charge on any atom is 0.330 e. The first kappa shape index (κ1) is 22.0. The lowest BCUT2D eigenvalue weighted by Crippen LogP contribution is -2.45. The van der Waals surface area contributed by atoms with Gasteiger partial charge in [0.05, 0.1) is 5.69 Å². The Balaban J connectivity index is 1.38. The van der Waals surface area contributed by atoms with Gasteiger partial charge in [0, 0.05) is 56.7 Å². The fourth-order valence-electron chi connectivity index (χ4n) is 4.20. The third-order valence-electron chi connectivity index (χ3n) is 6.21. The molecule has 1 aliphatic heterocycles. The number of nitrogens with one attached hydrogen (secondary N) is 2. The Bertz CT molecular complexity index is 1110. The second-order valence-corrected chi connectivity index (χ2v) is 8.28. The zero-order valence-electron chi connectivity index (χ0n) is 18.8. The Hall–Kier alpha value is -3.16. The number of nitrogens with zero attached hydrogens (tertiary/aromatic N) is 3. The summed E-state index contributed by atoms with van der Waals surface area (Å²) >= 11 is 0. The van der Waals surface area contributed by atoms with Gasteiger partial charge in [0.2, 0.25) is 0 Å². The Morgan fingerprint density at radius 2 is 1.62 bits per heavy atom. The van der Waals surface area contributed by atoms with Crippen molar-refractivity contribution < 1.29 is 4.79 Å². The second kappa shape index (κ2) is 9.97. The van der Waals surface area contributed by atoms with E-state index >= 15 is 0 Å². The molecule has 32 heavy (non-hydrogen) atoms. The van der Waals surface area contributed by atoms with Gasteiger partial charge in [0.15, 0.2) is 0 Å². The molecule has 2 aromatic carbocycles. The molecule has 0 bridgehead atoms. The van der Waals surface area contributed by atoms with E-state index in [9.17, 15) is 9.59 Å². The average molecular weight is 434 g/mol. The summed E-state index contributed by atoms with van der Waals surface area (Å²) in [4.78, 5) is 32.3. The number of aromatic amines is 1. The van der Waals surface area contributed by atoms with E-state index in [1.165, 1.54) is 5.56 Å². The first-order valence-corrected chi connectivity index (χ1v) is 11.2. The van der Waals surface area contributed by atoms with Crippen LogP contribution in [0.1, 0.15) is 34.1 Å². The molecule has 0 atom stereocenters. The van der Waals surface area contributed by atoms with E-state index in [0.717, 1.165) is 56.2 Å². The van der Waals surface area contributed by atoms with E-state index in [0.29, 0.717) is 12.1 Å². The van der Waals surface area contributed by atoms with Gasteiger partial charge in [-0.25, -0.2) is 4.79 Å². The number of likely N-dealkylation sites (N-methyl/N-ethyl adjacent to an activating group) is 1. The van der Waals surface area contributed by atoms with Gasteiger partial charge < -0.3 is 15.2 Å². The summed E-state index contributed by atoms with van der Waals surface area (Å²) in [6.07, 6.45) is 1.67. The Morgan fingerprint density at radius 1 is 0.969 bits per heavy atom. The summed E-state index contributed by atoms with van der Waals surface area (Å²) in [6, 6.07) is 15.4. The number of hydrogen-bond acceptors (Lipinski definition) is 4. The molecule has 0 radical (unpaired) electrons. The van der Waals surface area contributed by atoms with Crippen molar-refractivity contribution in [3.8, 4) is 5.69 Å². The van der Waals surface area contributed by atoms with E-state index in [2.05, 4.69) is 45.2 Å². The summed E-state index contributed by atoms with van der Waals surface area (Å²) in [6.45, 7) is 10.9. The maximum absolute atomic E-state index is 12.7. The Labute approximate surface area is 188 Å². The number of rotatable bonds is 7. The minimum Gasteiger partial charge on any atom is -0.348 e. The van der Waals surface area contributed by atoms with Crippen LogP contribution in [0, 0.1) is 6.92 Å². The van der Waals surface area contributed by atoms with Gasteiger partial charge in [-0.05, 0) is 48.9 Å². The van der Waals surface area contributed by atoms with E-state index in [1.54, 1.807) is 35.0 Å². The molecule has 168 valence electrons. The lowest BCUT2D eigenvalue weighted by Gasteiger charge is -2.34. The fourth-order valence-corrected chi connectivity index (χ4v) is 4.20. The summed E-state index contributed by atoms with van der Waals surface area (Å²) in [5, 5.41) is 3.05. The Kier molecular flexibility index (Phi) is 6.87. The van der Waals surface area contributed by atoms with Crippen molar-refractivity contribution in [2.24, 2.45) is 0 Å². The average Bonchev–Trinajstić information content (AvgIpc) is 3.16. The highest BCUT2D eigenvalue weighted by atomic mass is 16.2. The normalized spacial score (nSPS) is 15.1. The van der Waals surface area contributed by atoms with Crippen LogP contribution in [-0.4, -0.2) is 58.0 Å². The van der Waals surface area contributed by atoms with Crippen molar-refractivity contribution >= 4 is 5.91 Å². The summed E-state index contributed by atoms with van der Waals surface area (Å²) < 4.78 is 1.58.